The zero-order chi connectivity index (χ0) is 17.0. The van der Waals surface area contributed by atoms with Crippen molar-refractivity contribution in [3.63, 3.8) is 0 Å². The highest BCUT2D eigenvalue weighted by atomic mass is 32.2. The summed E-state index contributed by atoms with van der Waals surface area (Å²) < 4.78 is 25.3. The Balaban J connectivity index is 2.23. The lowest BCUT2D eigenvalue weighted by atomic mass is 10.3. The predicted molar refractivity (Wildman–Crippen MR) is 79.3 cm³/mol. The molecule has 0 spiro atoms. The van der Waals surface area contributed by atoms with Gasteiger partial charge in [0.05, 0.1) is 10.6 Å². The molecule has 2 rings (SSSR count). The summed E-state index contributed by atoms with van der Waals surface area (Å²) in [5, 5.41) is 7.40. The first-order valence-electron chi connectivity index (χ1n) is 6.15. The minimum absolute atomic E-state index is 0.112. The van der Waals surface area contributed by atoms with E-state index in [0.717, 1.165) is 13.1 Å². The number of nitrogens with zero attached hydrogens (tertiary/aromatic N) is 2. The summed E-state index contributed by atoms with van der Waals surface area (Å²) in [4.78, 5) is 37.2. The Morgan fingerprint density at radius 3 is 2.35 bits per heavy atom. The number of aromatic nitrogens is 2. The molecule has 0 aliphatic carbocycles. The third kappa shape index (κ3) is 4.20. The number of rotatable bonds is 4. The van der Waals surface area contributed by atoms with Crippen molar-refractivity contribution >= 4 is 27.3 Å². The van der Waals surface area contributed by atoms with Gasteiger partial charge in [0.2, 0.25) is 5.91 Å². The number of nitrogens with one attached hydrogen (secondary N) is 3. The lowest BCUT2D eigenvalue weighted by molar-refractivity contribution is -0.117. The number of azo groups is 1. The van der Waals surface area contributed by atoms with Crippen molar-refractivity contribution in [2.45, 2.75) is 11.8 Å². The van der Waals surface area contributed by atoms with Gasteiger partial charge in [0.25, 0.3) is 15.6 Å². The largest absolute Gasteiger partial charge is 0.325 e. The normalized spacial score (nSPS) is 11.5. The van der Waals surface area contributed by atoms with Gasteiger partial charge in [0.15, 0.2) is 5.69 Å². The number of aromatic amines is 2. The van der Waals surface area contributed by atoms with Crippen LogP contribution in [0.3, 0.4) is 0 Å². The van der Waals surface area contributed by atoms with Crippen LogP contribution in [0.1, 0.15) is 6.92 Å². The Morgan fingerprint density at radius 1 is 1.13 bits per heavy atom. The maximum Gasteiger partial charge on any atom is 0.325 e. The zero-order valence-corrected chi connectivity index (χ0v) is 12.5. The lowest BCUT2D eigenvalue weighted by Gasteiger charge is -2.04. The first-order chi connectivity index (χ1) is 10.8. The van der Waals surface area contributed by atoms with Crippen LogP contribution in [-0.2, 0) is 14.8 Å². The molecule has 1 aromatic carbocycles. The Labute approximate surface area is 129 Å². The summed E-state index contributed by atoms with van der Waals surface area (Å²) in [6.45, 7) is 1.09. The molecule has 11 heteroatoms. The Morgan fingerprint density at radius 2 is 1.78 bits per heavy atom. The van der Waals surface area contributed by atoms with E-state index in [0.29, 0.717) is 0 Å². The molecule has 1 heterocycles. The van der Waals surface area contributed by atoms with Crippen molar-refractivity contribution in [2.24, 2.45) is 10.2 Å². The SMILES string of the molecule is CC(=O)NS(=O)(=O)c1ccc(N=Nc2c[nH]c(=O)[nH]c2=O)cc1. The molecule has 0 aliphatic heterocycles. The number of H-pyrrole nitrogens is 2. The topological polar surface area (TPSA) is 154 Å². The van der Waals surface area contributed by atoms with E-state index >= 15 is 0 Å². The van der Waals surface area contributed by atoms with Crippen molar-refractivity contribution in [3.8, 4) is 0 Å². The average Bonchev–Trinajstić information content (AvgIpc) is 2.45. The smallest absolute Gasteiger partial charge is 0.312 e. The molecule has 0 fully saturated rings. The Hall–Kier alpha value is -3.08. The minimum Gasteiger partial charge on any atom is -0.312 e. The quantitative estimate of drug-likeness (QED) is 0.685. The van der Waals surface area contributed by atoms with Crippen molar-refractivity contribution in [2.75, 3.05) is 0 Å². The maximum atomic E-state index is 11.7. The van der Waals surface area contributed by atoms with Gasteiger partial charge >= 0.3 is 5.69 Å². The van der Waals surface area contributed by atoms with E-state index in [9.17, 15) is 22.8 Å². The summed E-state index contributed by atoms with van der Waals surface area (Å²) in [7, 11) is -3.92. The number of carbonyl (C=O) groups excluding carboxylic acids is 1. The van der Waals surface area contributed by atoms with Crippen LogP contribution in [0.25, 0.3) is 0 Å². The van der Waals surface area contributed by atoms with Crippen LogP contribution < -0.4 is 16.0 Å². The van der Waals surface area contributed by atoms with Crippen molar-refractivity contribution < 1.29 is 13.2 Å². The van der Waals surface area contributed by atoms with Crippen molar-refractivity contribution in [3.05, 3.63) is 51.3 Å². The Kier molecular flexibility index (Phi) is 4.50. The molecular weight excluding hydrogens is 326 g/mol. The standard InChI is InChI=1S/C12H11N5O5S/c1-7(18)17-23(21,22)9-4-2-8(3-5-9)15-16-10-6-13-12(20)14-11(10)19/h2-6H,1H3,(H,17,18)(H2,13,14,19,20). The van der Waals surface area contributed by atoms with Gasteiger partial charge in [-0.3, -0.25) is 14.6 Å². The van der Waals surface area contributed by atoms with Gasteiger partial charge in [-0.05, 0) is 24.3 Å². The molecule has 0 radical (unpaired) electrons. The van der Waals surface area contributed by atoms with Gasteiger partial charge in [0.1, 0.15) is 0 Å². The fraction of sp³-hybridized carbons (Fsp3) is 0.0833. The lowest BCUT2D eigenvalue weighted by Crippen LogP contribution is -2.28. The van der Waals surface area contributed by atoms with Crippen LogP contribution in [0, 0.1) is 0 Å². The molecule has 3 N–H and O–H groups in total. The molecule has 1 amide bonds. The third-order valence-electron chi connectivity index (χ3n) is 2.50. The molecule has 0 unspecified atom stereocenters. The molecule has 0 saturated carbocycles. The molecule has 1 aromatic heterocycles. The molecule has 0 aliphatic rings. The van der Waals surface area contributed by atoms with E-state index in [2.05, 4.69) is 15.2 Å². The van der Waals surface area contributed by atoms with Crippen LogP contribution >= 0.6 is 0 Å². The molecular formula is C12H11N5O5S. The zero-order valence-electron chi connectivity index (χ0n) is 11.7. The van der Waals surface area contributed by atoms with Gasteiger partial charge < -0.3 is 4.98 Å². The summed E-state index contributed by atoms with van der Waals surface area (Å²) in [6.07, 6.45) is 1.10. The average molecular weight is 337 g/mol. The molecule has 10 nitrogen and oxygen atoms in total. The molecule has 2 aromatic rings. The molecule has 120 valence electrons. The fourth-order valence-corrected chi connectivity index (χ4v) is 2.52. The monoisotopic (exact) mass is 337 g/mol. The number of hydrogen-bond acceptors (Lipinski definition) is 7. The number of carbonyl (C=O) groups is 1. The van der Waals surface area contributed by atoms with E-state index in [4.69, 9.17) is 0 Å². The van der Waals surface area contributed by atoms with E-state index in [1.54, 1.807) is 0 Å². The van der Waals surface area contributed by atoms with E-state index in [1.807, 2.05) is 9.71 Å². The highest BCUT2D eigenvalue weighted by Crippen LogP contribution is 2.18. The predicted octanol–water partition coefficient (Wildman–Crippen LogP) is 0.303. The number of hydrogen-bond donors (Lipinski definition) is 3. The van der Waals surface area contributed by atoms with Crippen LogP contribution in [0.4, 0.5) is 11.4 Å². The second-order valence-corrected chi connectivity index (χ2v) is 6.00. The second kappa shape index (κ2) is 6.36. The molecule has 0 atom stereocenters. The van der Waals surface area contributed by atoms with E-state index in [-0.39, 0.29) is 16.3 Å². The molecule has 0 bridgehead atoms. The van der Waals surface area contributed by atoms with Gasteiger partial charge in [0, 0.05) is 13.1 Å². The summed E-state index contributed by atoms with van der Waals surface area (Å²) in [6, 6.07) is 5.16. The number of benzene rings is 1. The summed E-state index contributed by atoms with van der Waals surface area (Å²) in [5.41, 5.74) is -1.21. The van der Waals surface area contributed by atoms with Crippen LogP contribution in [0.2, 0.25) is 0 Å². The highest BCUT2D eigenvalue weighted by molar-refractivity contribution is 7.90. The molecule has 0 saturated heterocycles. The number of sulfonamides is 1. The van der Waals surface area contributed by atoms with Crippen LogP contribution in [0.15, 0.2) is 55.2 Å². The summed E-state index contributed by atoms with van der Waals surface area (Å²) >= 11 is 0. The Bertz CT molecular complexity index is 972. The third-order valence-corrected chi connectivity index (χ3v) is 3.95. The van der Waals surface area contributed by atoms with E-state index in [1.165, 1.54) is 24.3 Å². The molecule has 23 heavy (non-hydrogen) atoms. The van der Waals surface area contributed by atoms with Gasteiger partial charge in [-0.15, -0.1) is 5.11 Å². The summed E-state index contributed by atoms with van der Waals surface area (Å²) in [5.74, 6) is -0.703. The minimum atomic E-state index is -3.92. The van der Waals surface area contributed by atoms with Crippen LogP contribution in [-0.4, -0.2) is 24.3 Å². The van der Waals surface area contributed by atoms with Gasteiger partial charge in [-0.25, -0.2) is 17.9 Å². The van der Waals surface area contributed by atoms with Gasteiger partial charge in [-0.1, -0.05) is 0 Å². The first kappa shape index (κ1) is 16.3. The fourth-order valence-electron chi connectivity index (χ4n) is 1.53. The number of amides is 1. The van der Waals surface area contributed by atoms with Crippen molar-refractivity contribution in [1.29, 1.82) is 0 Å². The second-order valence-electron chi connectivity index (χ2n) is 4.31. The van der Waals surface area contributed by atoms with Crippen LogP contribution in [0.5, 0.6) is 0 Å². The van der Waals surface area contributed by atoms with E-state index < -0.39 is 27.2 Å². The van der Waals surface area contributed by atoms with Gasteiger partial charge in [-0.2, -0.15) is 5.11 Å². The first-order valence-corrected chi connectivity index (χ1v) is 7.63. The van der Waals surface area contributed by atoms with Crippen molar-refractivity contribution in [1.82, 2.24) is 14.7 Å². The maximum absolute atomic E-state index is 11.7. The highest BCUT2D eigenvalue weighted by Gasteiger charge is 2.14.